The normalized spacial score (nSPS) is 38.2. The van der Waals surface area contributed by atoms with Gasteiger partial charge in [0.15, 0.2) is 0 Å². The summed E-state index contributed by atoms with van der Waals surface area (Å²) in [5, 5.41) is 12.0. The third-order valence-electron chi connectivity index (χ3n) is 10.1. The summed E-state index contributed by atoms with van der Waals surface area (Å²) in [6, 6.07) is 8.49. The van der Waals surface area contributed by atoms with Gasteiger partial charge in [0.25, 0.3) is 0 Å². The standard InChI is InChI=1S/C28H35IN4O3S/c29-28(36)14-19-13-21(28)24-23(19)26(34)33(27(24)35)16-18-6-2-1-5-17(18)15-31-9-11-32(12-10-31)25-20-7-3-4-8-22(20)37-30-25/h3-4,7-8,17-19,21,23-24,36H,1-2,5-6,9-16H2/t17?,18?,19-,21-,23-,24+,28-/m0/s1. The second kappa shape index (κ2) is 9.41. The first-order valence-corrected chi connectivity index (χ1v) is 15.8. The zero-order valence-corrected chi connectivity index (χ0v) is 24.1. The van der Waals surface area contributed by atoms with E-state index in [4.69, 9.17) is 4.37 Å². The van der Waals surface area contributed by atoms with Gasteiger partial charge in [0.1, 0.15) is 9.43 Å². The van der Waals surface area contributed by atoms with Crippen molar-refractivity contribution in [3.63, 3.8) is 0 Å². The molecule has 0 spiro atoms. The molecular weight excluding hydrogens is 599 g/mol. The maximum Gasteiger partial charge on any atom is 0.233 e. The van der Waals surface area contributed by atoms with E-state index in [-0.39, 0.29) is 35.5 Å². The Morgan fingerprint density at radius 2 is 1.70 bits per heavy atom. The van der Waals surface area contributed by atoms with Crippen LogP contribution in [0.4, 0.5) is 5.82 Å². The van der Waals surface area contributed by atoms with Crippen LogP contribution in [0.25, 0.3) is 10.1 Å². The molecule has 2 amide bonds. The van der Waals surface area contributed by atoms with Crippen LogP contribution >= 0.6 is 34.1 Å². The van der Waals surface area contributed by atoms with Crippen LogP contribution in [-0.4, -0.2) is 74.0 Å². The molecule has 37 heavy (non-hydrogen) atoms. The number of likely N-dealkylation sites (tertiary alicyclic amines) is 1. The molecule has 2 aliphatic heterocycles. The second-order valence-electron chi connectivity index (χ2n) is 12.1. The number of piperazine rings is 1. The molecule has 5 aliphatic rings. The largest absolute Gasteiger partial charge is 0.379 e. The number of anilines is 1. The third kappa shape index (κ3) is 4.14. The van der Waals surface area contributed by atoms with Crippen molar-refractivity contribution >= 4 is 61.8 Å². The molecule has 198 valence electrons. The molecule has 5 fully saturated rings. The Labute approximate surface area is 235 Å². The summed E-state index contributed by atoms with van der Waals surface area (Å²) >= 11 is 3.70. The van der Waals surface area contributed by atoms with Gasteiger partial charge in [-0.2, -0.15) is 4.37 Å². The van der Waals surface area contributed by atoms with Gasteiger partial charge in [-0.1, -0.05) is 25.0 Å². The molecule has 7 nitrogen and oxygen atoms in total. The number of carbonyl (C=O) groups is 2. The third-order valence-corrected chi connectivity index (χ3v) is 12.2. The summed E-state index contributed by atoms with van der Waals surface area (Å²) in [5.74, 6) is 1.75. The lowest BCUT2D eigenvalue weighted by molar-refractivity contribution is -0.142. The van der Waals surface area contributed by atoms with Gasteiger partial charge in [0, 0.05) is 50.6 Å². The highest BCUT2D eigenvalue weighted by Crippen LogP contribution is 2.62. The van der Waals surface area contributed by atoms with Crippen molar-refractivity contribution in [1.29, 1.82) is 0 Å². The van der Waals surface area contributed by atoms with E-state index in [1.807, 2.05) is 0 Å². The van der Waals surface area contributed by atoms with Crippen LogP contribution in [0, 0.1) is 35.5 Å². The lowest BCUT2D eigenvalue weighted by Crippen LogP contribution is -2.49. The maximum atomic E-state index is 13.5. The highest BCUT2D eigenvalue weighted by molar-refractivity contribution is 14.1. The summed E-state index contributed by atoms with van der Waals surface area (Å²) < 4.78 is 5.18. The Bertz CT molecular complexity index is 1210. The van der Waals surface area contributed by atoms with E-state index in [1.165, 1.54) is 29.3 Å². The van der Waals surface area contributed by atoms with Crippen LogP contribution in [0.3, 0.4) is 0 Å². The average molecular weight is 635 g/mol. The van der Waals surface area contributed by atoms with Crippen molar-refractivity contribution in [2.24, 2.45) is 35.5 Å². The Kier molecular flexibility index (Phi) is 6.29. The smallest absolute Gasteiger partial charge is 0.233 e. The van der Waals surface area contributed by atoms with Crippen molar-refractivity contribution in [3.05, 3.63) is 24.3 Å². The lowest BCUT2D eigenvalue weighted by Gasteiger charge is -2.40. The topological polar surface area (TPSA) is 77.0 Å². The average Bonchev–Trinajstić information content (AvgIpc) is 3.62. The molecule has 2 saturated heterocycles. The van der Waals surface area contributed by atoms with Crippen molar-refractivity contribution in [1.82, 2.24) is 14.2 Å². The van der Waals surface area contributed by atoms with Crippen LogP contribution in [0.1, 0.15) is 38.5 Å². The minimum absolute atomic E-state index is 0.00529. The number of hydrogen-bond acceptors (Lipinski definition) is 7. The Hall–Kier alpha value is -1.30. The van der Waals surface area contributed by atoms with E-state index in [0.717, 1.165) is 51.4 Å². The van der Waals surface area contributed by atoms with E-state index in [0.29, 0.717) is 24.8 Å². The summed E-state index contributed by atoms with van der Waals surface area (Å²) in [7, 11) is 0. The quantitative estimate of drug-likeness (QED) is 0.305. The fraction of sp³-hybridized carbons (Fsp3) is 0.679. The highest BCUT2D eigenvalue weighted by atomic mass is 127. The molecule has 2 unspecified atom stereocenters. The Balaban J connectivity index is 0.991. The molecule has 3 saturated carbocycles. The number of alkyl halides is 1. The van der Waals surface area contributed by atoms with Gasteiger partial charge in [-0.15, -0.1) is 0 Å². The molecule has 2 aromatic rings. The lowest BCUT2D eigenvalue weighted by atomic mass is 9.78. The van der Waals surface area contributed by atoms with Gasteiger partial charge in [0.2, 0.25) is 11.8 Å². The summed E-state index contributed by atoms with van der Waals surface area (Å²) in [6.45, 7) is 5.66. The SMILES string of the molecule is O=C1[C@H]2[C@H]3C[C@@H]([C@H]2C(=O)N1CC1CCCCC1CN1CCN(c2nsc4ccccc24)CC1)[C@](O)(I)C3. The highest BCUT2D eigenvalue weighted by Gasteiger charge is 2.67. The Morgan fingerprint density at radius 3 is 2.49 bits per heavy atom. The van der Waals surface area contributed by atoms with E-state index in [9.17, 15) is 14.7 Å². The first-order valence-electron chi connectivity index (χ1n) is 14.0. The van der Waals surface area contributed by atoms with E-state index < -0.39 is 3.61 Å². The molecule has 1 N–H and O–H groups in total. The molecule has 7 rings (SSSR count). The number of nitrogens with zero attached hydrogens (tertiary/aromatic N) is 4. The van der Waals surface area contributed by atoms with Crippen molar-refractivity contribution < 1.29 is 14.7 Å². The van der Waals surface area contributed by atoms with Crippen LogP contribution in [0.2, 0.25) is 0 Å². The minimum atomic E-state index is -0.824. The summed E-state index contributed by atoms with van der Waals surface area (Å²) in [6.07, 6.45) is 6.20. The van der Waals surface area contributed by atoms with Crippen LogP contribution in [0.15, 0.2) is 24.3 Å². The predicted molar refractivity (Wildman–Crippen MR) is 153 cm³/mol. The van der Waals surface area contributed by atoms with Crippen LogP contribution in [0.5, 0.6) is 0 Å². The van der Waals surface area contributed by atoms with Crippen LogP contribution in [-0.2, 0) is 9.59 Å². The number of benzene rings is 1. The monoisotopic (exact) mass is 634 g/mol. The van der Waals surface area contributed by atoms with Gasteiger partial charge >= 0.3 is 0 Å². The Morgan fingerprint density at radius 1 is 1.00 bits per heavy atom. The second-order valence-corrected chi connectivity index (χ2v) is 14.7. The number of hydrogen-bond donors (Lipinski definition) is 1. The number of amides is 2. The molecule has 3 heterocycles. The van der Waals surface area contributed by atoms with E-state index >= 15 is 0 Å². The fourth-order valence-electron chi connectivity index (χ4n) is 8.25. The molecule has 1 aromatic heterocycles. The molecular formula is C28H35IN4O3S. The van der Waals surface area contributed by atoms with Crippen molar-refractivity contribution in [3.8, 4) is 0 Å². The zero-order valence-electron chi connectivity index (χ0n) is 21.1. The van der Waals surface area contributed by atoms with Gasteiger partial charge in [-0.25, -0.2) is 0 Å². The first-order chi connectivity index (χ1) is 17.9. The molecule has 2 bridgehead atoms. The molecule has 7 atom stereocenters. The number of fused-ring (bicyclic) bond motifs is 6. The minimum Gasteiger partial charge on any atom is -0.379 e. The van der Waals surface area contributed by atoms with E-state index in [2.05, 4.69) is 56.7 Å². The maximum absolute atomic E-state index is 13.5. The number of rotatable bonds is 5. The number of imide groups is 1. The van der Waals surface area contributed by atoms with Gasteiger partial charge < -0.3 is 10.0 Å². The molecule has 9 heteroatoms. The van der Waals surface area contributed by atoms with Gasteiger partial charge in [-0.05, 0) is 89.7 Å². The van der Waals surface area contributed by atoms with Crippen molar-refractivity contribution in [2.75, 3.05) is 44.2 Å². The van der Waals surface area contributed by atoms with E-state index in [1.54, 1.807) is 16.4 Å². The molecule has 0 radical (unpaired) electrons. The predicted octanol–water partition coefficient (Wildman–Crippen LogP) is 3.99. The number of carbonyl (C=O) groups excluding carboxylic acids is 2. The van der Waals surface area contributed by atoms with Crippen LogP contribution < -0.4 is 4.90 Å². The number of aromatic nitrogens is 1. The molecule has 1 aromatic carbocycles. The van der Waals surface area contributed by atoms with Gasteiger partial charge in [-0.3, -0.25) is 19.4 Å². The zero-order chi connectivity index (χ0) is 25.3. The number of aliphatic hydroxyl groups is 1. The molecule has 3 aliphatic carbocycles. The summed E-state index contributed by atoms with van der Waals surface area (Å²) in [5.41, 5.74) is 0. The summed E-state index contributed by atoms with van der Waals surface area (Å²) in [4.78, 5) is 33.5. The number of halogens is 1. The fourth-order valence-corrected chi connectivity index (χ4v) is 10.3. The van der Waals surface area contributed by atoms with Crippen molar-refractivity contribution in [2.45, 2.75) is 42.1 Å². The first kappa shape index (κ1) is 24.7. The van der Waals surface area contributed by atoms with Gasteiger partial charge in [0.05, 0.1) is 16.5 Å².